The van der Waals surface area contributed by atoms with E-state index in [4.69, 9.17) is 21.1 Å². The van der Waals surface area contributed by atoms with Gasteiger partial charge in [0, 0.05) is 22.5 Å². The minimum Gasteiger partial charge on any atom is -0.490 e. The Balaban J connectivity index is 1.19. The minimum atomic E-state index is 0.191. The zero-order chi connectivity index (χ0) is 21.2. The quantitative estimate of drug-likeness (QED) is 0.311. The molecule has 2 fully saturated rings. The Morgan fingerprint density at radius 3 is 2.39 bits per heavy atom. The van der Waals surface area contributed by atoms with E-state index in [-0.39, 0.29) is 6.10 Å². The van der Waals surface area contributed by atoms with Crippen LogP contribution in [0.1, 0.15) is 32.1 Å². The third-order valence-corrected chi connectivity index (χ3v) is 8.19. The van der Waals surface area contributed by atoms with Crippen molar-refractivity contribution < 1.29 is 9.47 Å². The number of hydrogen-bond acceptors (Lipinski definition) is 4. The van der Waals surface area contributed by atoms with Crippen LogP contribution in [0.25, 0.3) is 10.8 Å². The highest BCUT2D eigenvalue weighted by molar-refractivity contribution is 9.10. The summed E-state index contributed by atoms with van der Waals surface area (Å²) in [5.74, 6) is 1.85. The fraction of sp³-hybridized carbons (Fsp3) is 0.360. The lowest BCUT2D eigenvalue weighted by molar-refractivity contribution is 0.210. The standard InChI is InChI=1S/C25H25BrClNO2S/c26-24-15-21(8-10-25(24)27)30-22-11-12-28(16-22)31-23-9-6-17-13-20(7-5-18(17)14-23)29-19-3-1-2-4-19/h5-10,13-15,19,22H,1-4,11-12,16H2. The largest absolute Gasteiger partial charge is 0.490 e. The van der Waals surface area contributed by atoms with E-state index >= 15 is 0 Å². The van der Waals surface area contributed by atoms with Crippen LogP contribution in [0.5, 0.6) is 11.5 Å². The Morgan fingerprint density at radius 2 is 1.55 bits per heavy atom. The number of benzene rings is 3. The van der Waals surface area contributed by atoms with Crippen LogP contribution in [0.15, 0.2) is 64.0 Å². The Bertz CT molecular complexity index is 1070. The van der Waals surface area contributed by atoms with Crippen molar-refractivity contribution in [3.05, 3.63) is 64.1 Å². The van der Waals surface area contributed by atoms with Crippen molar-refractivity contribution in [2.24, 2.45) is 0 Å². The zero-order valence-corrected chi connectivity index (χ0v) is 20.4. The van der Waals surface area contributed by atoms with Crippen molar-refractivity contribution >= 4 is 50.3 Å². The summed E-state index contributed by atoms with van der Waals surface area (Å²) in [7, 11) is 0. The fourth-order valence-electron chi connectivity index (χ4n) is 4.30. The van der Waals surface area contributed by atoms with Gasteiger partial charge in [-0.15, -0.1) is 0 Å². The molecule has 6 heteroatoms. The number of halogens is 2. The summed E-state index contributed by atoms with van der Waals surface area (Å²) < 4.78 is 15.6. The Hall–Kier alpha value is -1.40. The third kappa shape index (κ3) is 5.33. The van der Waals surface area contributed by atoms with Gasteiger partial charge in [0.15, 0.2) is 0 Å². The summed E-state index contributed by atoms with van der Waals surface area (Å²) in [6, 6.07) is 18.9. The first-order chi connectivity index (χ1) is 15.1. The molecule has 2 aliphatic rings. The van der Waals surface area contributed by atoms with Gasteiger partial charge in [0.05, 0.1) is 11.1 Å². The molecule has 31 heavy (non-hydrogen) atoms. The van der Waals surface area contributed by atoms with Gasteiger partial charge in [-0.25, -0.2) is 4.31 Å². The topological polar surface area (TPSA) is 21.7 Å². The summed E-state index contributed by atoms with van der Waals surface area (Å²) in [4.78, 5) is 1.26. The zero-order valence-electron chi connectivity index (χ0n) is 17.2. The molecular weight excluding hydrogens is 494 g/mol. The van der Waals surface area contributed by atoms with Gasteiger partial charge in [-0.1, -0.05) is 23.7 Å². The van der Waals surface area contributed by atoms with Crippen molar-refractivity contribution in [3.8, 4) is 11.5 Å². The van der Waals surface area contributed by atoms with Gasteiger partial charge in [0.2, 0.25) is 0 Å². The second-order valence-electron chi connectivity index (χ2n) is 8.28. The van der Waals surface area contributed by atoms with Crippen LogP contribution >= 0.6 is 39.5 Å². The summed E-state index contributed by atoms with van der Waals surface area (Å²) >= 11 is 11.3. The fourth-order valence-corrected chi connectivity index (χ4v) is 5.82. The number of rotatable bonds is 6. The molecule has 1 atom stereocenters. The molecule has 3 aromatic carbocycles. The van der Waals surface area contributed by atoms with Crippen LogP contribution in [0.4, 0.5) is 0 Å². The predicted molar refractivity (Wildman–Crippen MR) is 132 cm³/mol. The Labute approximate surface area is 201 Å². The van der Waals surface area contributed by atoms with E-state index in [0.29, 0.717) is 11.1 Å². The summed E-state index contributed by atoms with van der Waals surface area (Å²) in [6.45, 7) is 1.91. The van der Waals surface area contributed by atoms with E-state index in [1.165, 1.54) is 41.4 Å². The van der Waals surface area contributed by atoms with Crippen molar-refractivity contribution in [2.75, 3.05) is 13.1 Å². The molecule has 1 heterocycles. The van der Waals surface area contributed by atoms with Crippen molar-refractivity contribution in [1.29, 1.82) is 0 Å². The number of fused-ring (bicyclic) bond motifs is 1. The molecule has 1 aliphatic heterocycles. The molecule has 0 amide bonds. The van der Waals surface area contributed by atoms with Gasteiger partial charge >= 0.3 is 0 Å². The highest BCUT2D eigenvalue weighted by atomic mass is 79.9. The lowest BCUT2D eigenvalue weighted by Gasteiger charge is -2.17. The van der Waals surface area contributed by atoms with Crippen LogP contribution in [0, 0.1) is 0 Å². The van der Waals surface area contributed by atoms with Crippen LogP contribution in [-0.4, -0.2) is 29.6 Å². The summed E-state index contributed by atoms with van der Waals surface area (Å²) in [5, 5.41) is 3.18. The highest BCUT2D eigenvalue weighted by Gasteiger charge is 2.25. The number of hydrogen-bond donors (Lipinski definition) is 0. The Kier molecular flexibility index (Phi) is 6.65. The first-order valence-corrected chi connectivity index (χ1v) is 12.8. The van der Waals surface area contributed by atoms with Gasteiger partial charge in [0.25, 0.3) is 0 Å². The smallest absolute Gasteiger partial charge is 0.121 e. The van der Waals surface area contributed by atoms with Crippen LogP contribution in [-0.2, 0) is 0 Å². The molecular formula is C25H25BrClNO2S. The number of nitrogens with zero attached hydrogens (tertiary/aromatic N) is 1. The average Bonchev–Trinajstić information content (AvgIpc) is 3.43. The maximum absolute atomic E-state index is 6.16. The van der Waals surface area contributed by atoms with Crippen LogP contribution in [0.2, 0.25) is 5.02 Å². The Morgan fingerprint density at radius 1 is 0.839 bits per heavy atom. The lowest BCUT2D eigenvalue weighted by Crippen LogP contribution is -2.20. The molecule has 3 nitrogen and oxygen atoms in total. The van der Waals surface area contributed by atoms with E-state index < -0.39 is 0 Å². The summed E-state index contributed by atoms with van der Waals surface area (Å²) in [5.41, 5.74) is 0. The average molecular weight is 519 g/mol. The van der Waals surface area contributed by atoms with Gasteiger partial charge in [-0.05, 0) is 113 Å². The monoisotopic (exact) mass is 517 g/mol. The SMILES string of the molecule is Clc1ccc(OC2CCN(Sc3ccc4cc(OC5CCCC5)ccc4c3)C2)cc1Br. The molecule has 1 saturated heterocycles. The second-order valence-corrected chi connectivity index (χ2v) is 10.7. The van der Waals surface area contributed by atoms with Crippen molar-refractivity contribution in [3.63, 3.8) is 0 Å². The molecule has 5 rings (SSSR count). The van der Waals surface area contributed by atoms with Gasteiger partial charge < -0.3 is 9.47 Å². The normalized spacial score (nSPS) is 19.9. The third-order valence-electron chi connectivity index (χ3n) is 5.92. The molecule has 162 valence electrons. The second kappa shape index (κ2) is 9.62. The van der Waals surface area contributed by atoms with Crippen LogP contribution < -0.4 is 9.47 Å². The minimum absolute atomic E-state index is 0.191. The van der Waals surface area contributed by atoms with E-state index in [9.17, 15) is 0 Å². The molecule has 0 aromatic heterocycles. The molecule has 3 aromatic rings. The van der Waals surface area contributed by atoms with E-state index in [1.807, 2.05) is 30.1 Å². The van der Waals surface area contributed by atoms with E-state index in [1.54, 1.807) is 0 Å². The molecule has 0 radical (unpaired) electrons. The molecule has 0 spiro atoms. The van der Waals surface area contributed by atoms with Gasteiger partial charge in [0.1, 0.15) is 17.6 Å². The number of ether oxygens (including phenoxy) is 2. The molecule has 0 N–H and O–H groups in total. The first kappa shape index (κ1) is 21.4. The highest BCUT2D eigenvalue weighted by Crippen LogP contribution is 2.33. The van der Waals surface area contributed by atoms with Crippen LogP contribution in [0.3, 0.4) is 0 Å². The summed E-state index contributed by atoms with van der Waals surface area (Å²) in [6.07, 6.45) is 6.55. The molecule has 1 saturated carbocycles. The van der Waals surface area contributed by atoms with E-state index in [0.717, 1.165) is 35.5 Å². The molecule has 1 unspecified atom stereocenters. The first-order valence-electron chi connectivity index (χ1n) is 10.9. The maximum atomic E-state index is 6.16. The van der Waals surface area contributed by atoms with Gasteiger partial charge in [-0.2, -0.15) is 0 Å². The molecule has 1 aliphatic carbocycles. The van der Waals surface area contributed by atoms with Gasteiger partial charge in [-0.3, -0.25) is 0 Å². The van der Waals surface area contributed by atoms with Crippen molar-refractivity contribution in [1.82, 2.24) is 4.31 Å². The van der Waals surface area contributed by atoms with E-state index in [2.05, 4.69) is 56.6 Å². The lowest BCUT2D eigenvalue weighted by atomic mass is 10.1. The predicted octanol–water partition coefficient (Wildman–Crippen LogP) is 7.74. The molecule has 0 bridgehead atoms. The van der Waals surface area contributed by atoms with Crippen molar-refractivity contribution in [2.45, 2.75) is 49.2 Å². The maximum Gasteiger partial charge on any atom is 0.121 e.